The summed E-state index contributed by atoms with van der Waals surface area (Å²) in [6, 6.07) is 7.04. The van der Waals surface area contributed by atoms with Gasteiger partial charge < -0.3 is 9.47 Å². The van der Waals surface area contributed by atoms with Crippen molar-refractivity contribution in [2.24, 2.45) is 5.92 Å². The van der Waals surface area contributed by atoms with E-state index >= 15 is 0 Å². The highest BCUT2D eigenvalue weighted by Crippen LogP contribution is 2.30. The molecule has 1 aliphatic carbocycles. The summed E-state index contributed by atoms with van der Waals surface area (Å²) in [4.78, 5) is 19.2. The molecule has 1 atom stereocenters. The number of aromatic nitrogens is 2. The van der Waals surface area contributed by atoms with Crippen molar-refractivity contribution in [1.29, 1.82) is 0 Å². The van der Waals surface area contributed by atoms with Crippen molar-refractivity contribution in [3.63, 3.8) is 0 Å². The summed E-state index contributed by atoms with van der Waals surface area (Å²) >= 11 is 0. The fourth-order valence-corrected chi connectivity index (χ4v) is 3.70. The Hall–Kier alpha value is -2.17. The van der Waals surface area contributed by atoms with E-state index in [2.05, 4.69) is 9.55 Å². The van der Waals surface area contributed by atoms with Gasteiger partial charge in [-0.25, -0.2) is 9.37 Å². The van der Waals surface area contributed by atoms with Crippen molar-refractivity contribution >= 4 is 5.91 Å². The number of amides is 1. The van der Waals surface area contributed by atoms with Gasteiger partial charge in [0.05, 0.1) is 12.2 Å². The monoisotopic (exact) mass is 327 g/mol. The molecule has 0 N–H and O–H groups in total. The largest absolute Gasteiger partial charge is 0.335 e. The Morgan fingerprint density at radius 3 is 2.88 bits per heavy atom. The quantitative estimate of drug-likeness (QED) is 0.865. The number of hydrogen-bond acceptors (Lipinski definition) is 2. The number of carbonyl (C=O) groups excluding carboxylic acids is 1. The van der Waals surface area contributed by atoms with Crippen LogP contribution in [0.4, 0.5) is 4.39 Å². The number of halogens is 1. The van der Waals surface area contributed by atoms with Crippen molar-refractivity contribution < 1.29 is 9.18 Å². The van der Waals surface area contributed by atoms with Gasteiger partial charge in [-0.1, -0.05) is 18.2 Å². The number of aryl methyl sites for hydroxylation is 1. The minimum atomic E-state index is -0.227. The molecular formula is C19H22FN3O. The summed E-state index contributed by atoms with van der Waals surface area (Å²) in [6.07, 6.45) is 8.64. The molecule has 24 heavy (non-hydrogen) atoms. The number of fused-ring (bicyclic) bond motifs is 1. The van der Waals surface area contributed by atoms with Crippen LogP contribution in [0.1, 0.15) is 36.9 Å². The minimum absolute atomic E-state index is 0.0286. The van der Waals surface area contributed by atoms with E-state index in [0.717, 1.165) is 32.1 Å². The van der Waals surface area contributed by atoms with Crippen LogP contribution in [0.3, 0.4) is 0 Å². The maximum Gasteiger partial charge on any atom is 0.228 e. The van der Waals surface area contributed by atoms with E-state index in [1.54, 1.807) is 18.5 Å². The summed E-state index contributed by atoms with van der Waals surface area (Å²) in [5.41, 5.74) is 1.81. The molecule has 1 saturated carbocycles. The van der Waals surface area contributed by atoms with Crippen LogP contribution in [0, 0.1) is 11.7 Å². The molecule has 1 amide bonds. The van der Waals surface area contributed by atoms with E-state index in [0.29, 0.717) is 18.7 Å². The molecule has 0 radical (unpaired) electrons. The smallest absolute Gasteiger partial charge is 0.228 e. The topological polar surface area (TPSA) is 38.1 Å². The SMILES string of the molecule is O=C(C1CCc2cncn2C1)N(Cc1ccccc1F)C1CCC1. The van der Waals surface area contributed by atoms with E-state index in [-0.39, 0.29) is 23.7 Å². The fourth-order valence-electron chi connectivity index (χ4n) is 3.70. The van der Waals surface area contributed by atoms with Crippen LogP contribution in [-0.4, -0.2) is 26.4 Å². The predicted molar refractivity (Wildman–Crippen MR) is 88.6 cm³/mol. The third kappa shape index (κ3) is 2.83. The molecule has 2 aromatic rings. The molecule has 5 heteroatoms. The van der Waals surface area contributed by atoms with Crippen LogP contribution in [0.25, 0.3) is 0 Å². The van der Waals surface area contributed by atoms with Crippen molar-refractivity contribution in [2.45, 2.75) is 51.2 Å². The van der Waals surface area contributed by atoms with E-state index in [1.165, 1.54) is 11.8 Å². The number of imidazole rings is 1. The average molecular weight is 327 g/mol. The van der Waals surface area contributed by atoms with E-state index in [9.17, 15) is 9.18 Å². The van der Waals surface area contributed by atoms with Gasteiger partial charge in [0.2, 0.25) is 5.91 Å². The zero-order chi connectivity index (χ0) is 16.5. The fraction of sp³-hybridized carbons (Fsp3) is 0.474. The van der Waals surface area contributed by atoms with Gasteiger partial charge in [0.1, 0.15) is 5.82 Å². The summed E-state index contributed by atoms with van der Waals surface area (Å²) in [5, 5.41) is 0. The molecular weight excluding hydrogens is 305 g/mol. The molecule has 4 rings (SSSR count). The molecule has 2 aliphatic rings. The lowest BCUT2D eigenvalue weighted by Crippen LogP contribution is -2.47. The molecule has 1 unspecified atom stereocenters. The first-order valence-corrected chi connectivity index (χ1v) is 8.75. The minimum Gasteiger partial charge on any atom is -0.335 e. The van der Waals surface area contributed by atoms with Crippen molar-refractivity contribution in [3.05, 3.63) is 53.9 Å². The van der Waals surface area contributed by atoms with Gasteiger partial charge in [0.15, 0.2) is 0 Å². The maximum atomic E-state index is 14.0. The third-order valence-electron chi connectivity index (χ3n) is 5.41. The summed E-state index contributed by atoms with van der Waals surface area (Å²) < 4.78 is 16.1. The molecule has 1 aromatic carbocycles. The molecule has 1 fully saturated rings. The van der Waals surface area contributed by atoms with Crippen molar-refractivity contribution in [1.82, 2.24) is 14.5 Å². The number of hydrogen-bond donors (Lipinski definition) is 0. The second kappa shape index (κ2) is 6.38. The van der Waals surface area contributed by atoms with E-state index in [1.807, 2.05) is 17.2 Å². The summed E-state index contributed by atoms with van der Waals surface area (Å²) in [7, 11) is 0. The number of benzene rings is 1. The summed E-state index contributed by atoms with van der Waals surface area (Å²) in [6.45, 7) is 1.07. The van der Waals surface area contributed by atoms with Gasteiger partial charge in [0.25, 0.3) is 0 Å². The zero-order valence-corrected chi connectivity index (χ0v) is 13.7. The van der Waals surface area contributed by atoms with Crippen LogP contribution in [0.2, 0.25) is 0 Å². The van der Waals surface area contributed by atoms with Gasteiger partial charge in [-0.2, -0.15) is 0 Å². The van der Waals surface area contributed by atoms with Crippen LogP contribution in [0.5, 0.6) is 0 Å². The van der Waals surface area contributed by atoms with Crippen LogP contribution in [0.15, 0.2) is 36.8 Å². The third-order valence-corrected chi connectivity index (χ3v) is 5.41. The Morgan fingerprint density at radius 1 is 1.29 bits per heavy atom. The molecule has 4 nitrogen and oxygen atoms in total. The highest BCUT2D eigenvalue weighted by Gasteiger charge is 2.34. The molecule has 0 saturated heterocycles. The van der Waals surface area contributed by atoms with Gasteiger partial charge in [-0.05, 0) is 38.2 Å². The highest BCUT2D eigenvalue weighted by atomic mass is 19.1. The first-order valence-electron chi connectivity index (χ1n) is 8.75. The first kappa shape index (κ1) is 15.4. The Morgan fingerprint density at radius 2 is 2.12 bits per heavy atom. The Balaban J connectivity index is 1.53. The van der Waals surface area contributed by atoms with E-state index < -0.39 is 0 Å². The standard InChI is InChI=1S/C19H22FN3O/c20-18-7-2-1-4-14(18)12-23(16-5-3-6-16)19(24)15-8-9-17-10-21-13-22(17)11-15/h1-2,4,7,10,13,15-16H,3,5-6,8-9,11-12H2. The van der Waals surface area contributed by atoms with Crippen LogP contribution in [-0.2, 0) is 24.3 Å². The van der Waals surface area contributed by atoms with Crippen LogP contribution >= 0.6 is 0 Å². The van der Waals surface area contributed by atoms with E-state index in [4.69, 9.17) is 0 Å². The van der Waals surface area contributed by atoms with Gasteiger partial charge >= 0.3 is 0 Å². The normalized spacial score (nSPS) is 20.3. The Labute approximate surface area is 141 Å². The molecule has 2 heterocycles. The van der Waals surface area contributed by atoms with Crippen LogP contribution < -0.4 is 0 Å². The lowest BCUT2D eigenvalue weighted by atomic mass is 9.88. The molecule has 1 aliphatic heterocycles. The van der Waals surface area contributed by atoms with Crippen molar-refractivity contribution in [3.8, 4) is 0 Å². The zero-order valence-electron chi connectivity index (χ0n) is 13.7. The second-order valence-corrected chi connectivity index (χ2v) is 6.92. The molecule has 0 bridgehead atoms. The first-order chi connectivity index (χ1) is 11.7. The average Bonchev–Trinajstić information content (AvgIpc) is 3.01. The second-order valence-electron chi connectivity index (χ2n) is 6.92. The van der Waals surface area contributed by atoms with Crippen molar-refractivity contribution in [2.75, 3.05) is 0 Å². The number of carbonyl (C=O) groups is 1. The van der Waals surface area contributed by atoms with Gasteiger partial charge in [-0.3, -0.25) is 4.79 Å². The van der Waals surface area contributed by atoms with Gasteiger partial charge in [-0.15, -0.1) is 0 Å². The maximum absolute atomic E-state index is 14.0. The predicted octanol–water partition coefficient (Wildman–Crippen LogP) is 3.17. The lowest BCUT2D eigenvalue weighted by Gasteiger charge is -2.40. The Bertz CT molecular complexity index is 738. The molecule has 126 valence electrons. The lowest BCUT2D eigenvalue weighted by molar-refractivity contribution is -0.141. The highest BCUT2D eigenvalue weighted by molar-refractivity contribution is 5.79. The summed E-state index contributed by atoms with van der Waals surface area (Å²) in [5.74, 6) is -0.0865. The Kier molecular flexibility index (Phi) is 4.08. The molecule has 1 aromatic heterocycles. The number of nitrogens with zero attached hydrogens (tertiary/aromatic N) is 3. The van der Waals surface area contributed by atoms with Gasteiger partial charge in [0, 0.05) is 36.6 Å². The molecule has 0 spiro atoms. The number of rotatable bonds is 4.